The van der Waals surface area contributed by atoms with Gasteiger partial charge in [-0.25, -0.2) is 4.98 Å². The van der Waals surface area contributed by atoms with E-state index in [4.69, 9.17) is 14.2 Å². The smallest absolute Gasteiger partial charge is 0.255 e. The van der Waals surface area contributed by atoms with E-state index < -0.39 is 0 Å². The zero-order chi connectivity index (χ0) is 21.1. The maximum atomic E-state index is 13.3. The molecule has 5 rings (SSSR count). The van der Waals surface area contributed by atoms with E-state index >= 15 is 0 Å². The summed E-state index contributed by atoms with van der Waals surface area (Å²) in [6, 6.07) is 9.83. The summed E-state index contributed by atoms with van der Waals surface area (Å²) in [6.07, 6.45) is 6.99. The van der Waals surface area contributed by atoms with Crippen LogP contribution >= 0.6 is 0 Å². The van der Waals surface area contributed by atoms with Gasteiger partial charge in [0.1, 0.15) is 5.82 Å². The molecular formula is C24H29N3O4. The van der Waals surface area contributed by atoms with Gasteiger partial charge in [-0.2, -0.15) is 0 Å². The van der Waals surface area contributed by atoms with Crippen LogP contribution in [0, 0.1) is 0 Å². The quantitative estimate of drug-likeness (QED) is 0.796. The van der Waals surface area contributed by atoms with E-state index in [9.17, 15) is 4.79 Å². The molecule has 2 saturated heterocycles. The van der Waals surface area contributed by atoms with Crippen molar-refractivity contribution in [3.05, 3.63) is 47.7 Å². The Morgan fingerprint density at radius 2 is 1.87 bits per heavy atom. The molecule has 7 nitrogen and oxygen atoms in total. The first-order valence-corrected chi connectivity index (χ1v) is 11.2. The Kier molecular flexibility index (Phi) is 5.68. The molecule has 164 valence electrons. The number of carbonyl (C=O) groups excluding carboxylic acids is 1. The van der Waals surface area contributed by atoms with Gasteiger partial charge in [-0.3, -0.25) is 4.79 Å². The molecule has 0 unspecified atom stereocenters. The minimum Gasteiger partial charge on any atom is -0.454 e. The number of rotatable bonds is 5. The molecule has 0 radical (unpaired) electrons. The van der Waals surface area contributed by atoms with Crippen LogP contribution in [-0.2, 0) is 10.2 Å². The highest BCUT2D eigenvalue weighted by Crippen LogP contribution is 2.40. The standard InChI is InChI=1S/C24H29N3O4/c28-23(19-5-4-10-25-22(19)27-11-2-1-3-12-27)26-16-24(8-13-29-14-9-24)18-6-7-20-21(15-18)31-17-30-20/h4-7,10,15H,1-3,8-9,11-14,16-17H2,(H,26,28). The number of fused-ring (bicyclic) bond motifs is 1. The van der Waals surface area contributed by atoms with E-state index in [-0.39, 0.29) is 18.1 Å². The minimum absolute atomic E-state index is 0.0692. The highest BCUT2D eigenvalue weighted by atomic mass is 16.7. The maximum absolute atomic E-state index is 13.3. The largest absolute Gasteiger partial charge is 0.454 e. The number of nitrogens with one attached hydrogen (secondary N) is 1. The lowest BCUT2D eigenvalue weighted by Gasteiger charge is -2.38. The summed E-state index contributed by atoms with van der Waals surface area (Å²) in [4.78, 5) is 20.0. The number of pyridine rings is 1. The summed E-state index contributed by atoms with van der Waals surface area (Å²) in [5, 5.41) is 3.22. The Morgan fingerprint density at radius 1 is 1.06 bits per heavy atom. The molecule has 0 atom stereocenters. The van der Waals surface area contributed by atoms with E-state index in [1.807, 2.05) is 18.2 Å². The molecule has 0 bridgehead atoms. The van der Waals surface area contributed by atoms with Crippen LogP contribution in [0.4, 0.5) is 5.82 Å². The van der Waals surface area contributed by atoms with Crippen LogP contribution in [-0.4, -0.2) is 50.5 Å². The number of ether oxygens (including phenoxy) is 3. The number of nitrogens with zero attached hydrogens (tertiary/aromatic N) is 2. The molecule has 0 saturated carbocycles. The Labute approximate surface area is 182 Å². The first-order chi connectivity index (χ1) is 15.3. The average molecular weight is 424 g/mol. The Hall–Kier alpha value is -2.80. The van der Waals surface area contributed by atoms with Gasteiger partial charge in [-0.05, 0) is 61.9 Å². The van der Waals surface area contributed by atoms with Gasteiger partial charge in [0.15, 0.2) is 11.5 Å². The summed E-state index contributed by atoms with van der Waals surface area (Å²) >= 11 is 0. The monoisotopic (exact) mass is 423 g/mol. The van der Waals surface area contributed by atoms with Crippen LogP contribution in [0.2, 0.25) is 0 Å². The van der Waals surface area contributed by atoms with Gasteiger partial charge in [0.2, 0.25) is 6.79 Å². The van der Waals surface area contributed by atoms with Crippen LogP contribution in [0.3, 0.4) is 0 Å². The van der Waals surface area contributed by atoms with Gasteiger partial charge in [0, 0.05) is 44.5 Å². The van der Waals surface area contributed by atoms with Gasteiger partial charge in [0.25, 0.3) is 5.91 Å². The van der Waals surface area contributed by atoms with Crippen LogP contribution in [0.15, 0.2) is 36.5 Å². The van der Waals surface area contributed by atoms with Crippen molar-refractivity contribution in [2.24, 2.45) is 0 Å². The second-order valence-electron chi connectivity index (χ2n) is 8.57. The minimum atomic E-state index is -0.192. The molecule has 3 aliphatic heterocycles. The number of piperidine rings is 1. The molecule has 0 spiro atoms. The molecule has 1 N–H and O–H groups in total. The normalized spacial score (nSPS) is 19.8. The van der Waals surface area contributed by atoms with Gasteiger partial charge in [0.05, 0.1) is 5.56 Å². The Bertz CT molecular complexity index is 936. The third-order valence-corrected chi connectivity index (χ3v) is 6.71. The number of amides is 1. The fourth-order valence-corrected chi connectivity index (χ4v) is 4.83. The van der Waals surface area contributed by atoms with Crippen LogP contribution in [0.5, 0.6) is 11.5 Å². The van der Waals surface area contributed by atoms with Crippen molar-refractivity contribution in [1.29, 1.82) is 0 Å². The van der Waals surface area contributed by atoms with E-state index in [2.05, 4.69) is 27.3 Å². The fourth-order valence-electron chi connectivity index (χ4n) is 4.83. The lowest BCUT2D eigenvalue weighted by Crippen LogP contribution is -2.45. The molecule has 31 heavy (non-hydrogen) atoms. The summed E-state index contributed by atoms with van der Waals surface area (Å²) in [5.41, 5.74) is 1.61. The molecule has 1 amide bonds. The number of benzene rings is 1. The number of carbonyl (C=O) groups is 1. The van der Waals surface area contributed by atoms with Crippen molar-refractivity contribution < 1.29 is 19.0 Å². The number of hydrogen-bond donors (Lipinski definition) is 1. The van der Waals surface area contributed by atoms with Crippen LogP contribution in [0.1, 0.15) is 48.0 Å². The first kappa shape index (κ1) is 20.1. The predicted octanol–water partition coefficient (Wildman–Crippen LogP) is 3.28. The number of hydrogen-bond acceptors (Lipinski definition) is 6. The fraction of sp³-hybridized carbons (Fsp3) is 0.500. The zero-order valence-electron chi connectivity index (χ0n) is 17.8. The second kappa shape index (κ2) is 8.75. The average Bonchev–Trinajstić information content (AvgIpc) is 3.32. The van der Waals surface area contributed by atoms with Crippen molar-refractivity contribution >= 4 is 11.7 Å². The van der Waals surface area contributed by atoms with Crippen molar-refractivity contribution in [1.82, 2.24) is 10.3 Å². The Balaban J connectivity index is 1.36. The van der Waals surface area contributed by atoms with Crippen molar-refractivity contribution in [3.8, 4) is 11.5 Å². The van der Waals surface area contributed by atoms with Gasteiger partial charge in [-0.1, -0.05) is 6.07 Å². The van der Waals surface area contributed by atoms with E-state index in [1.165, 1.54) is 6.42 Å². The summed E-state index contributed by atoms with van der Waals surface area (Å²) in [6.45, 7) is 4.06. The van der Waals surface area contributed by atoms with E-state index in [0.717, 1.165) is 61.7 Å². The van der Waals surface area contributed by atoms with Crippen molar-refractivity contribution in [2.75, 3.05) is 44.5 Å². The van der Waals surface area contributed by atoms with Gasteiger partial charge in [-0.15, -0.1) is 0 Å². The lowest BCUT2D eigenvalue weighted by molar-refractivity contribution is 0.0486. The molecule has 1 aromatic heterocycles. The molecule has 7 heteroatoms. The first-order valence-electron chi connectivity index (χ1n) is 11.2. The van der Waals surface area contributed by atoms with E-state index in [1.54, 1.807) is 6.20 Å². The molecule has 0 aliphatic carbocycles. The van der Waals surface area contributed by atoms with Crippen molar-refractivity contribution in [2.45, 2.75) is 37.5 Å². The molecule has 4 heterocycles. The lowest BCUT2D eigenvalue weighted by atomic mass is 9.74. The molecule has 2 fully saturated rings. The summed E-state index contributed by atoms with van der Waals surface area (Å²) in [5.74, 6) is 2.27. The van der Waals surface area contributed by atoms with Crippen LogP contribution in [0.25, 0.3) is 0 Å². The zero-order valence-corrected chi connectivity index (χ0v) is 17.8. The SMILES string of the molecule is O=C(NCC1(c2ccc3c(c2)OCO3)CCOCC1)c1cccnc1N1CCCCC1. The molecule has 1 aromatic carbocycles. The molecular weight excluding hydrogens is 394 g/mol. The third kappa shape index (κ3) is 4.06. The summed E-state index contributed by atoms with van der Waals surface area (Å²) < 4.78 is 16.7. The second-order valence-corrected chi connectivity index (χ2v) is 8.57. The summed E-state index contributed by atoms with van der Waals surface area (Å²) in [7, 11) is 0. The van der Waals surface area contributed by atoms with Gasteiger partial charge >= 0.3 is 0 Å². The topological polar surface area (TPSA) is 72.9 Å². The van der Waals surface area contributed by atoms with E-state index in [0.29, 0.717) is 25.3 Å². The predicted molar refractivity (Wildman–Crippen MR) is 117 cm³/mol. The third-order valence-electron chi connectivity index (χ3n) is 6.71. The van der Waals surface area contributed by atoms with Crippen molar-refractivity contribution in [3.63, 3.8) is 0 Å². The highest BCUT2D eigenvalue weighted by molar-refractivity contribution is 5.99. The molecule has 3 aliphatic rings. The van der Waals surface area contributed by atoms with Gasteiger partial charge < -0.3 is 24.4 Å². The van der Waals surface area contributed by atoms with Crippen LogP contribution < -0.4 is 19.7 Å². The highest BCUT2D eigenvalue weighted by Gasteiger charge is 2.36. The maximum Gasteiger partial charge on any atom is 0.255 e. The Morgan fingerprint density at radius 3 is 2.71 bits per heavy atom. The number of aromatic nitrogens is 1. The number of anilines is 1. The molecule has 2 aromatic rings.